The number of nitrogens with zero attached hydrogens (tertiary/aromatic N) is 3. The fourth-order valence-corrected chi connectivity index (χ4v) is 2.11. The molecule has 1 heterocycles. The molecule has 1 amide bonds. The van der Waals surface area contributed by atoms with Gasteiger partial charge in [-0.15, -0.1) is 0 Å². The van der Waals surface area contributed by atoms with Gasteiger partial charge in [-0.2, -0.15) is 5.10 Å². The molecule has 25 heavy (non-hydrogen) atoms. The number of aromatic nitrogens is 2. The van der Waals surface area contributed by atoms with Gasteiger partial charge in [-0.1, -0.05) is 0 Å². The maximum Gasteiger partial charge on any atom is 0.246 e. The van der Waals surface area contributed by atoms with Crippen molar-refractivity contribution in [1.82, 2.24) is 20.4 Å². The van der Waals surface area contributed by atoms with Crippen LogP contribution in [0.1, 0.15) is 13.3 Å². The molecule has 0 fully saturated rings. The monoisotopic (exact) mass is 346 g/mol. The van der Waals surface area contributed by atoms with E-state index in [1.165, 1.54) is 24.3 Å². The van der Waals surface area contributed by atoms with E-state index in [1.54, 1.807) is 6.20 Å². The van der Waals surface area contributed by atoms with Crippen molar-refractivity contribution in [2.45, 2.75) is 19.9 Å². The molecule has 1 aromatic heterocycles. The number of carbonyl (C=O) groups is 1. The Morgan fingerprint density at radius 3 is 2.76 bits per heavy atom. The fraction of sp³-hybridized carbons (Fsp3) is 0.353. The van der Waals surface area contributed by atoms with E-state index < -0.39 is 0 Å². The number of aryl methyl sites for hydroxylation is 1. The number of halogens is 1. The number of carbonyl (C=O) groups excluding carboxylic acids is 1. The minimum atomic E-state index is -0.343. The van der Waals surface area contributed by atoms with Gasteiger partial charge in [-0.05, 0) is 43.7 Å². The first-order chi connectivity index (χ1) is 12.2. The van der Waals surface area contributed by atoms with Crippen LogP contribution in [-0.4, -0.2) is 41.3 Å². The Kier molecular flexibility index (Phi) is 7.42. The Bertz CT molecular complexity index is 669. The van der Waals surface area contributed by atoms with Crippen LogP contribution in [0.4, 0.5) is 10.1 Å². The van der Waals surface area contributed by atoms with Crippen LogP contribution in [0.2, 0.25) is 0 Å². The van der Waals surface area contributed by atoms with Gasteiger partial charge in [-0.3, -0.25) is 9.48 Å². The SMILES string of the molecule is CCNC(=NCC(=O)Nc1ccc(F)cc1)NCCCn1cccn1. The highest BCUT2D eigenvalue weighted by molar-refractivity contribution is 5.94. The number of rotatable bonds is 8. The van der Waals surface area contributed by atoms with Gasteiger partial charge in [0.2, 0.25) is 5.91 Å². The number of nitrogens with one attached hydrogen (secondary N) is 3. The number of amides is 1. The molecule has 1 aromatic carbocycles. The van der Waals surface area contributed by atoms with Crippen LogP contribution in [0.3, 0.4) is 0 Å². The number of hydrogen-bond donors (Lipinski definition) is 3. The zero-order chi connectivity index (χ0) is 17.9. The largest absolute Gasteiger partial charge is 0.357 e. The van der Waals surface area contributed by atoms with Gasteiger partial charge in [0, 0.05) is 37.7 Å². The minimum absolute atomic E-state index is 0.0220. The maximum atomic E-state index is 12.8. The molecule has 0 atom stereocenters. The van der Waals surface area contributed by atoms with Gasteiger partial charge in [0.25, 0.3) is 0 Å². The zero-order valence-corrected chi connectivity index (χ0v) is 14.2. The van der Waals surface area contributed by atoms with Gasteiger partial charge < -0.3 is 16.0 Å². The summed E-state index contributed by atoms with van der Waals surface area (Å²) in [5.41, 5.74) is 0.541. The number of anilines is 1. The van der Waals surface area contributed by atoms with E-state index >= 15 is 0 Å². The quantitative estimate of drug-likeness (QED) is 0.385. The van der Waals surface area contributed by atoms with Crippen LogP contribution in [0.5, 0.6) is 0 Å². The van der Waals surface area contributed by atoms with Crippen molar-refractivity contribution in [1.29, 1.82) is 0 Å². The maximum absolute atomic E-state index is 12.8. The third-order valence-electron chi connectivity index (χ3n) is 3.27. The number of aliphatic imine (C=N–C) groups is 1. The Balaban J connectivity index is 1.75. The molecule has 3 N–H and O–H groups in total. The summed E-state index contributed by atoms with van der Waals surface area (Å²) in [6, 6.07) is 7.50. The van der Waals surface area contributed by atoms with Crippen molar-refractivity contribution in [2.24, 2.45) is 4.99 Å². The molecule has 0 unspecified atom stereocenters. The van der Waals surface area contributed by atoms with Gasteiger partial charge >= 0.3 is 0 Å². The molecule has 0 spiro atoms. The molecule has 2 rings (SSSR count). The van der Waals surface area contributed by atoms with Crippen LogP contribution in [0.15, 0.2) is 47.7 Å². The molecule has 0 radical (unpaired) electrons. The van der Waals surface area contributed by atoms with E-state index in [-0.39, 0.29) is 18.3 Å². The van der Waals surface area contributed by atoms with E-state index in [0.717, 1.165) is 13.0 Å². The average Bonchev–Trinajstić information content (AvgIpc) is 3.12. The molecule has 0 saturated carbocycles. The van der Waals surface area contributed by atoms with Crippen LogP contribution in [0.25, 0.3) is 0 Å². The Labute approximate surface area is 146 Å². The first-order valence-electron chi connectivity index (χ1n) is 8.22. The van der Waals surface area contributed by atoms with Crippen LogP contribution < -0.4 is 16.0 Å². The van der Waals surface area contributed by atoms with Gasteiger partial charge in [0.1, 0.15) is 12.4 Å². The molecular formula is C17H23FN6O. The Hall–Kier alpha value is -2.90. The highest BCUT2D eigenvalue weighted by Gasteiger charge is 2.03. The Morgan fingerprint density at radius 2 is 2.08 bits per heavy atom. The standard InChI is InChI=1S/C17H23FN6O/c1-2-19-17(20-9-3-11-24-12-4-10-22-24)21-13-16(25)23-15-7-5-14(18)6-8-15/h4-8,10,12H,2-3,9,11,13H2,1H3,(H,23,25)(H2,19,20,21). The van der Waals surface area contributed by atoms with Gasteiger partial charge in [-0.25, -0.2) is 9.38 Å². The summed E-state index contributed by atoms with van der Waals surface area (Å²) in [5.74, 6) is -0.0256. The molecule has 0 saturated heterocycles. The van der Waals surface area contributed by atoms with Crippen molar-refractivity contribution in [2.75, 3.05) is 25.0 Å². The summed E-state index contributed by atoms with van der Waals surface area (Å²) in [7, 11) is 0. The first-order valence-corrected chi connectivity index (χ1v) is 8.22. The molecule has 0 aliphatic heterocycles. The summed E-state index contributed by atoms with van der Waals surface area (Å²) in [4.78, 5) is 16.2. The second kappa shape index (κ2) is 10.1. The van der Waals surface area contributed by atoms with Gasteiger partial charge in [0.15, 0.2) is 5.96 Å². The summed E-state index contributed by atoms with van der Waals surface area (Å²) >= 11 is 0. The van der Waals surface area contributed by atoms with Crippen molar-refractivity contribution < 1.29 is 9.18 Å². The third-order valence-corrected chi connectivity index (χ3v) is 3.27. The van der Waals surface area contributed by atoms with Crippen LogP contribution in [-0.2, 0) is 11.3 Å². The molecule has 0 aliphatic carbocycles. The molecule has 134 valence electrons. The molecule has 2 aromatic rings. The van der Waals surface area contributed by atoms with Crippen LogP contribution in [0, 0.1) is 5.82 Å². The molecule has 7 nitrogen and oxygen atoms in total. The number of hydrogen-bond acceptors (Lipinski definition) is 3. The highest BCUT2D eigenvalue weighted by atomic mass is 19.1. The lowest BCUT2D eigenvalue weighted by Crippen LogP contribution is -2.38. The predicted molar refractivity (Wildman–Crippen MR) is 95.9 cm³/mol. The molecule has 0 aliphatic rings. The highest BCUT2D eigenvalue weighted by Crippen LogP contribution is 2.07. The summed E-state index contributed by atoms with van der Waals surface area (Å²) in [6.07, 6.45) is 4.55. The van der Waals surface area contributed by atoms with Crippen molar-refractivity contribution >= 4 is 17.6 Å². The fourth-order valence-electron chi connectivity index (χ4n) is 2.11. The van der Waals surface area contributed by atoms with E-state index in [9.17, 15) is 9.18 Å². The molecule has 0 bridgehead atoms. The van der Waals surface area contributed by atoms with Gasteiger partial charge in [0.05, 0.1) is 0 Å². The first kappa shape index (κ1) is 18.4. The van der Waals surface area contributed by atoms with Crippen molar-refractivity contribution in [3.05, 3.63) is 48.5 Å². The molecular weight excluding hydrogens is 323 g/mol. The average molecular weight is 346 g/mol. The van der Waals surface area contributed by atoms with E-state index in [1.807, 2.05) is 23.9 Å². The second-order valence-electron chi connectivity index (χ2n) is 5.30. The lowest BCUT2D eigenvalue weighted by molar-refractivity contribution is -0.114. The normalized spacial score (nSPS) is 11.2. The lowest BCUT2D eigenvalue weighted by atomic mass is 10.3. The van der Waals surface area contributed by atoms with Crippen molar-refractivity contribution in [3.8, 4) is 0 Å². The van der Waals surface area contributed by atoms with E-state index in [4.69, 9.17) is 0 Å². The third kappa shape index (κ3) is 7.03. The summed E-state index contributed by atoms with van der Waals surface area (Å²) < 4.78 is 14.7. The number of guanidine groups is 1. The smallest absolute Gasteiger partial charge is 0.246 e. The predicted octanol–water partition coefficient (Wildman–Crippen LogP) is 1.61. The number of benzene rings is 1. The molecule has 8 heteroatoms. The second-order valence-corrected chi connectivity index (χ2v) is 5.30. The van der Waals surface area contributed by atoms with E-state index in [2.05, 4.69) is 26.0 Å². The van der Waals surface area contributed by atoms with Crippen molar-refractivity contribution in [3.63, 3.8) is 0 Å². The van der Waals surface area contributed by atoms with Crippen LogP contribution >= 0.6 is 0 Å². The summed E-state index contributed by atoms with van der Waals surface area (Å²) in [5, 5.41) is 13.1. The Morgan fingerprint density at radius 1 is 1.28 bits per heavy atom. The lowest BCUT2D eigenvalue weighted by Gasteiger charge is -2.11. The van der Waals surface area contributed by atoms with E-state index in [0.29, 0.717) is 24.7 Å². The minimum Gasteiger partial charge on any atom is -0.357 e. The summed E-state index contributed by atoms with van der Waals surface area (Å²) in [6.45, 7) is 4.16. The topological polar surface area (TPSA) is 83.3 Å². The zero-order valence-electron chi connectivity index (χ0n) is 14.2.